The maximum atomic E-state index is 8.37. The molecule has 0 spiro atoms. The van der Waals surface area contributed by atoms with Crippen LogP contribution in [0.15, 0.2) is 0 Å². The molecule has 0 aliphatic heterocycles. The van der Waals surface area contributed by atoms with E-state index in [4.69, 9.17) is 37.8 Å². The molecular weight excluding hydrogens is 163 g/mol. The highest BCUT2D eigenvalue weighted by Crippen LogP contribution is 2.04. The summed E-state index contributed by atoms with van der Waals surface area (Å²) >= 11 is 5.05. The number of alkyl halides is 1. The molecule has 4 N–H and O–H groups in total. The number of nitrogens with zero attached hydrogens (tertiary/aromatic N) is 1. The molecule has 0 saturated heterocycles. The average Bonchev–Trinajstić information content (AvgIpc) is 1.63. The van der Waals surface area contributed by atoms with E-state index < -0.39 is 10.3 Å². The summed E-state index contributed by atoms with van der Waals surface area (Å²) in [7, 11) is 0. The van der Waals surface area contributed by atoms with Crippen LogP contribution in [-0.2, 0) is 0 Å². The van der Waals surface area contributed by atoms with Crippen molar-refractivity contribution in [3.63, 3.8) is 0 Å². The van der Waals surface area contributed by atoms with Crippen molar-refractivity contribution in [2.45, 2.75) is 18.5 Å². The minimum atomic E-state index is -1.50. The first-order valence-electron chi connectivity index (χ1n) is 2.33. The van der Waals surface area contributed by atoms with Gasteiger partial charge in [-0.2, -0.15) is 0 Å². The minimum absolute atomic E-state index is 0.370. The summed E-state index contributed by atoms with van der Waals surface area (Å²) in [5, 5.41) is 20.5. The molecule has 0 fully saturated rings. The van der Waals surface area contributed by atoms with Crippen LogP contribution in [0.4, 0.5) is 0 Å². The number of aliphatic hydroxyl groups is 1. The Labute approximate surface area is 62.3 Å². The Bertz CT molecular complexity index is 97.2. The summed E-state index contributed by atoms with van der Waals surface area (Å²) in [5.41, 5.74) is 4.86. The highest BCUT2D eigenvalue weighted by atomic mass is 35.5. The van der Waals surface area contributed by atoms with Gasteiger partial charge in [-0.15, -0.1) is 10.1 Å². The maximum absolute atomic E-state index is 8.37. The number of hydrogen-bond donors (Lipinski definition) is 3. The van der Waals surface area contributed by atoms with E-state index in [-0.39, 0.29) is 0 Å². The molecule has 0 aromatic heterocycles. The van der Waals surface area contributed by atoms with Crippen molar-refractivity contribution >= 4 is 11.6 Å². The molecule has 7 heteroatoms. The second-order valence-electron chi connectivity index (χ2n) is 1.41. The Morgan fingerprint density at radius 3 is 2.00 bits per heavy atom. The van der Waals surface area contributed by atoms with Gasteiger partial charge >= 0.3 is 0 Å². The summed E-state index contributed by atoms with van der Waals surface area (Å²) in [6.07, 6.45) is 0.370. The third kappa shape index (κ3) is 52.4. The predicted octanol–water partition coefficient (Wildman–Crippen LogP) is -0.108. The van der Waals surface area contributed by atoms with Gasteiger partial charge in [-0.25, -0.2) is 0 Å². The molecule has 0 rings (SSSR count). The molecule has 1 atom stereocenters. The lowest BCUT2D eigenvalue weighted by Crippen LogP contribution is -2.30. The zero-order valence-corrected chi connectivity index (χ0v) is 6.08. The molecule has 0 aromatic rings. The minimum Gasteiger partial charge on any atom is -0.363 e. The van der Waals surface area contributed by atoms with Gasteiger partial charge in [0.2, 0.25) is 0 Å². The van der Waals surface area contributed by atoms with Crippen molar-refractivity contribution in [3.8, 4) is 0 Å². The van der Waals surface area contributed by atoms with Crippen LogP contribution in [0.1, 0.15) is 13.3 Å². The fraction of sp³-hybridized carbons (Fsp3) is 1.00. The fourth-order valence-corrected chi connectivity index (χ4v) is 0. The first-order valence-corrected chi connectivity index (χ1v) is 2.71. The third-order valence-electron chi connectivity index (χ3n) is 0.496. The van der Waals surface area contributed by atoms with Crippen molar-refractivity contribution in [1.82, 2.24) is 0 Å². The lowest BCUT2D eigenvalue weighted by molar-refractivity contribution is -0.742. The Hall–Kier alpha value is -0.590. The van der Waals surface area contributed by atoms with Crippen molar-refractivity contribution in [1.29, 1.82) is 0 Å². The summed E-state index contributed by atoms with van der Waals surface area (Å²) in [4.78, 5) is 8.36. The van der Waals surface area contributed by atoms with Crippen LogP contribution in [0.5, 0.6) is 0 Å². The molecule has 10 heavy (non-hydrogen) atoms. The molecule has 0 aliphatic carbocycles. The second-order valence-corrected chi connectivity index (χ2v) is 2.06. The number of hydrogen-bond acceptors (Lipinski definition) is 4. The molecule has 62 valence electrons. The number of nitrogens with two attached hydrogens (primary N) is 1. The van der Waals surface area contributed by atoms with Crippen LogP contribution < -0.4 is 5.73 Å². The molecule has 0 amide bonds. The van der Waals surface area contributed by atoms with Crippen LogP contribution in [0.2, 0.25) is 0 Å². The summed E-state index contributed by atoms with van der Waals surface area (Å²) in [6, 6.07) is 0. The Balaban J connectivity index is 0. The zero-order valence-electron chi connectivity index (χ0n) is 5.32. The van der Waals surface area contributed by atoms with E-state index in [1.807, 2.05) is 0 Å². The van der Waals surface area contributed by atoms with E-state index in [0.29, 0.717) is 6.42 Å². The lowest BCUT2D eigenvalue weighted by atomic mass is 10.4. The van der Waals surface area contributed by atoms with E-state index in [9.17, 15) is 0 Å². The quantitative estimate of drug-likeness (QED) is 0.168. The van der Waals surface area contributed by atoms with Crippen LogP contribution in [0, 0.1) is 10.1 Å². The standard InChI is InChI=1S/C3H8ClNO.HNO3/c1-2-3(4,5)6;2-1(3)4/h6H,2,5H2,1H3;(H,2,3,4). The van der Waals surface area contributed by atoms with Crippen LogP contribution in [0.3, 0.4) is 0 Å². The molecule has 0 heterocycles. The number of rotatable bonds is 1. The first-order chi connectivity index (χ1) is 4.29. The molecule has 6 nitrogen and oxygen atoms in total. The van der Waals surface area contributed by atoms with E-state index in [0.717, 1.165) is 0 Å². The van der Waals surface area contributed by atoms with Gasteiger partial charge in [0, 0.05) is 6.42 Å². The average molecular weight is 173 g/mol. The fourth-order valence-electron chi connectivity index (χ4n) is 0. The van der Waals surface area contributed by atoms with Crippen molar-refractivity contribution in [3.05, 3.63) is 10.1 Å². The normalized spacial score (nSPS) is 14.4. The topological polar surface area (TPSA) is 110 Å². The maximum Gasteiger partial charge on any atom is 0.291 e. The van der Waals surface area contributed by atoms with Gasteiger partial charge in [0.15, 0.2) is 5.18 Å². The third-order valence-corrected chi connectivity index (χ3v) is 0.763. The zero-order chi connectivity index (χ0) is 8.78. The molecule has 0 aromatic carbocycles. The highest BCUT2D eigenvalue weighted by molar-refractivity contribution is 6.22. The summed E-state index contributed by atoms with van der Waals surface area (Å²) in [5.74, 6) is 0. The molecular formula is C3H9ClN2O4. The number of halogens is 1. The van der Waals surface area contributed by atoms with Crippen LogP contribution in [-0.4, -0.2) is 20.6 Å². The molecule has 1 unspecified atom stereocenters. The Morgan fingerprint density at radius 1 is 1.90 bits per heavy atom. The van der Waals surface area contributed by atoms with Gasteiger partial charge in [0.25, 0.3) is 5.09 Å². The SMILES string of the molecule is CCC(N)(O)Cl.O=[N+]([O-])O. The smallest absolute Gasteiger partial charge is 0.291 e. The van der Waals surface area contributed by atoms with E-state index in [1.165, 1.54) is 0 Å². The molecule has 0 saturated carbocycles. The largest absolute Gasteiger partial charge is 0.363 e. The predicted molar refractivity (Wildman–Crippen MR) is 34.1 cm³/mol. The van der Waals surface area contributed by atoms with E-state index in [1.54, 1.807) is 6.92 Å². The van der Waals surface area contributed by atoms with Gasteiger partial charge in [-0.1, -0.05) is 18.5 Å². The van der Waals surface area contributed by atoms with Gasteiger partial charge in [-0.3, -0.25) is 5.73 Å². The monoisotopic (exact) mass is 172 g/mol. The first kappa shape index (κ1) is 12.1. The Morgan fingerprint density at radius 2 is 2.00 bits per heavy atom. The van der Waals surface area contributed by atoms with Gasteiger partial charge in [0.05, 0.1) is 0 Å². The van der Waals surface area contributed by atoms with E-state index >= 15 is 0 Å². The molecule has 0 radical (unpaired) electrons. The Kier molecular flexibility index (Phi) is 6.32. The van der Waals surface area contributed by atoms with E-state index in [2.05, 4.69) is 0 Å². The highest BCUT2D eigenvalue weighted by Gasteiger charge is 2.10. The van der Waals surface area contributed by atoms with Gasteiger partial charge < -0.3 is 10.3 Å². The van der Waals surface area contributed by atoms with Crippen LogP contribution >= 0.6 is 11.6 Å². The lowest BCUT2D eigenvalue weighted by Gasteiger charge is -2.08. The van der Waals surface area contributed by atoms with Crippen molar-refractivity contribution in [2.24, 2.45) is 5.73 Å². The van der Waals surface area contributed by atoms with Crippen LogP contribution in [0.25, 0.3) is 0 Å². The summed E-state index contributed by atoms with van der Waals surface area (Å²) in [6.45, 7) is 1.70. The van der Waals surface area contributed by atoms with Gasteiger partial charge in [-0.05, 0) is 0 Å². The molecule has 0 aliphatic rings. The second kappa shape index (κ2) is 5.21. The van der Waals surface area contributed by atoms with Gasteiger partial charge in [0.1, 0.15) is 0 Å². The van der Waals surface area contributed by atoms with Crippen molar-refractivity contribution < 1.29 is 15.4 Å². The molecule has 0 bridgehead atoms. The summed E-state index contributed by atoms with van der Waals surface area (Å²) < 4.78 is 0. The van der Waals surface area contributed by atoms with Crippen molar-refractivity contribution in [2.75, 3.05) is 0 Å².